The predicted octanol–water partition coefficient (Wildman–Crippen LogP) is 3.64. The highest BCUT2D eigenvalue weighted by molar-refractivity contribution is 5.93. The molecular formula is C15H15NO2. The molecule has 92 valence electrons. The molecule has 0 atom stereocenters. The van der Waals surface area contributed by atoms with Crippen molar-refractivity contribution in [2.45, 2.75) is 20.3 Å². The van der Waals surface area contributed by atoms with Gasteiger partial charge in [-0.3, -0.25) is 4.79 Å². The van der Waals surface area contributed by atoms with Crippen LogP contribution in [0, 0.1) is 0 Å². The van der Waals surface area contributed by atoms with E-state index in [0.29, 0.717) is 11.4 Å². The van der Waals surface area contributed by atoms with Gasteiger partial charge in [0.05, 0.1) is 0 Å². The predicted molar refractivity (Wildman–Crippen MR) is 70.1 cm³/mol. The number of nitrogens with zero attached hydrogens (tertiary/aromatic N) is 1. The third-order valence-corrected chi connectivity index (χ3v) is 2.67. The van der Waals surface area contributed by atoms with Crippen molar-refractivity contribution in [2.75, 3.05) is 0 Å². The lowest BCUT2D eigenvalue weighted by Crippen LogP contribution is -1.94. The van der Waals surface area contributed by atoms with Crippen molar-refractivity contribution < 1.29 is 9.53 Å². The zero-order valence-corrected chi connectivity index (χ0v) is 10.5. The minimum Gasteiger partial charge on any atom is -0.439 e. The number of Topliss-reactive ketones (excluding diaryl/α,β-unsaturated/α-hetero) is 1. The molecule has 0 aliphatic carbocycles. The minimum atomic E-state index is 0.00188. The molecule has 1 aromatic carbocycles. The number of carbonyl (C=O) groups excluding carboxylic acids is 1. The van der Waals surface area contributed by atoms with Gasteiger partial charge in [0.15, 0.2) is 5.78 Å². The Bertz CT molecular complexity index is 547. The Labute approximate surface area is 106 Å². The van der Waals surface area contributed by atoms with Gasteiger partial charge in [-0.25, -0.2) is 4.98 Å². The largest absolute Gasteiger partial charge is 0.439 e. The van der Waals surface area contributed by atoms with E-state index in [9.17, 15) is 4.79 Å². The maximum atomic E-state index is 11.1. The smallest absolute Gasteiger partial charge is 0.219 e. The highest BCUT2D eigenvalue weighted by Crippen LogP contribution is 2.20. The van der Waals surface area contributed by atoms with E-state index in [4.69, 9.17) is 4.74 Å². The van der Waals surface area contributed by atoms with E-state index >= 15 is 0 Å². The summed E-state index contributed by atoms with van der Waals surface area (Å²) < 4.78 is 5.63. The first kappa shape index (κ1) is 12.3. The van der Waals surface area contributed by atoms with E-state index in [1.807, 2.05) is 18.2 Å². The van der Waals surface area contributed by atoms with Gasteiger partial charge in [-0.05, 0) is 37.1 Å². The molecule has 0 spiro atoms. The Morgan fingerprint density at radius 3 is 2.72 bits per heavy atom. The van der Waals surface area contributed by atoms with Crippen molar-refractivity contribution in [2.24, 2.45) is 0 Å². The van der Waals surface area contributed by atoms with Crippen molar-refractivity contribution in [3.05, 3.63) is 53.7 Å². The van der Waals surface area contributed by atoms with Gasteiger partial charge < -0.3 is 4.74 Å². The summed E-state index contributed by atoms with van der Waals surface area (Å²) in [6.07, 6.45) is 2.50. The Morgan fingerprint density at radius 1 is 1.28 bits per heavy atom. The lowest BCUT2D eigenvalue weighted by atomic mass is 10.2. The SMILES string of the molecule is CCc1cccc(Oc2ccc(C(C)=O)cn2)c1. The Kier molecular flexibility index (Phi) is 3.72. The van der Waals surface area contributed by atoms with Crippen LogP contribution < -0.4 is 4.74 Å². The quantitative estimate of drug-likeness (QED) is 0.767. The first-order valence-electron chi connectivity index (χ1n) is 5.93. The maximum Gasteiger partial charge on any atom is 0.219 e. The summed E-state index contributed by atoms with van der Waals surface area (Å²) in [6.45, 7) is 3.61. The zero-order chi connectivity index (χ0) is 13.0. The van der Waals surface area contributed by atoms with Crippen molar-refractivity contribution in [3.8, 4) is 11.6 Å². The lowest BCUT2D eigenvalue weighted by molar-refractivity contribution is 0.101. The van der Waals surface area contributed by atoms with Crippen LogP contribution in [0.1, 0.15) is 29.8 Å². The van der Waals surface area contributed by atoms with Crippen LogP contribution in [0.2, 0.25) is 0 Å². The summed E-state index contributed by atoms with van der Waals surface area (Å²) in [4.78, 5) is 15.2. The standard InChI is InChI=1S/C15H15NO2/c1-3-12-5-4-6-14(9-12)18-15-8-7-13(10-16-15)11(2)17/h4-10H,3H2,1-2H3. The molecule has 18 heavy (non-hydrogen) atoms. The van der Waals surface area contributed by atoms with Gasteiger partial charge in [0, 0.05) is 17.8 Å². The Hall–Kier alpha value is -2.16. The van der Waals surface area contributed by atoms with Crippen LogP contribution in [0.3, 0.4) is 0 Å². The van der Waals surface area contributed by atoms with Crippen molar-refractivity contribution >= 4 is 5.78 Å². The molecule has 0 aliphatic heterocycles. The average Bonchev–Trinajstić information content (AvgIpc) is 2.39. The number of ketones is 1. The molecule has 0 N–H and O–H groups in total. The molecule has 2 aromatic rings. The number of pyridine rings is 1. The number of rotatable bonds is 4. The molecule has 0 saturated carbocycles. The van der Waals surface area contributed by atoms with Crippen LogP contribution in [0.25, 0.3) is 0 Å². The van der Waals surface area contributed by atoms with Gasteiger partial charge in [-0.15, -0.1) is 0 Å². The van der Waals surface area contributed by atoms with Gasteiger partial charge in [-0.2, -0.15) is 0 Å². The van der Waals surface area contributed by atoms with Gasteiger partial charge in [0.1, 0.15) is 5.75 Å². The van der Waals surface area contributed by atoms with Crippen LogP contribution in [0.15, 0.2) is 42.6 Å². The molecule has 3 nitrogen and oxygen atoms in total. The molecule has 0 bridgehead atoms. The topological polar surface area (TPSA) is 39.2 Å². The molecule has 0 fully saturated rings. The normalized spacial score (nSPS) is 10.1. The highest BCUT2D eigenvalue weighted by Gasteiger charge is 2.02. The number of carbonyl (C=O) groups is 1. The van der Waals surface area contributed by atoms with Crippen molar-refractivity contribution in [1.82, 2.24) is 4.98 Å². The fourth-order valence-electron chi connectivity index (χ4n) is 1.60. The number of aromatic nitrogens is 1. The van der Waals surface area contributed by atoms with Crippen LogP contribution in [-0.4, -0.2) is 10.8 Å². The average molecular weight is 241 g/mol. The van der Waals surface area contributed by atoms with E-state index in [0.717, 1.165) is 12.2 Å². The third kappa shape index (κ3) is 2.94. The monoisotopic (exact) mass is 241 g/mol. The second-order valence-electron chi connectivity index (χ2n) is 4.04. The second-order valence-corrected chi connectivity index (χ2v) is 4.04. The summed E-state index contributed by atoms with van der Waals surface area (Å²) in [7, 11) is 0. The first-order valence-corrected chi connectivity index (χ1v) is 5.93. The number of hydrogen-bond acceptors (Lipinski definition) is 3. The summed E-state index contributed by atoms with van der Waals surface area (Å²) in [5.74, 6) is 1.26. The van der Waals surface area contributed by atoms with Gasteiger partial charge in [-0.1, -0.05) is 19.1 Å². The molecule has 3 heteroatoms. The Morgan fingerprint density at radius 2 is 2.11 bits per heavy atom. The van der Waals surface area contributed by atoms with Crippen molar-refractivity contribution in [3.63, 3.8) is 0 Å². The number of benzene rings is 1. The second kappa shape index (κ2) is 5.45. The molecule has 0 unspecified atom stereocenters. The molecule has 1 heterocycles. The molecule has 0 amide bonds. The molecule has 0 radical (unpaired) electrons. The fourth-order valence-corrected chi connectivity index (χ4v) is 1.60. The van der Waals surface area contributed by atoms with Gasteiger partial charge >= 0.3 is 0 Å². The third-order valence-electron chi connectivity index (χ3n) is 2.67. The van der Waals surface area contributed by atoms with E-state index in [1.54, 1.807) is 12.1 Å². The Balaban J connectivity index is 2.15. The van der Waals surface area contributed by atoms with Crippen molar-refractivity contribution in [1.29, 1.82) is 0 Å². The van der Waals surface area contributed by atoms with E-state index < -0.39 is 0 Å². The summed E-state index contributed by atoms with van der Waals surface area (Å²) in [5, 5.41) is 0. The highest BCUT2D eigenvalue weighted by atomic mass is 16.5. The lowest BCUT2D eigenvalue weighted by Gasteiger charge is -2.06. The molecule has 2 rings (SSSR count). The number of hydrogen-bond donors (Lipinski definition) is 0. The zero-order valence-electron chi connectivity index (χ0n) is 10.5. The van der Waals surface area contributed by atoms with Crippen LogP contribution in [-0.2, 0) is 6.42 Å². The maximum absolute atomic E-state index is 11.1. The van der Waals surface area contributed by atoms with E-state index in [2.05, 4.69) is 18.0 Å². The van der Waals surface area contributed by atoms with E-state index in [-0.39, 0.29) is 5.78 Å². The molecular weight excluding hydrogens is 226 g/mol. The number of aryl methyl sites for hydroxylation is 1. The summed E-state index contributed by atoms with van der Waals surface area (Å²) in [6, 6.07) is 11.3. The minimum absolute atomic E-state index is 0.00188. The first-order chi connectivity index (χ1) is 8.69. The van der Waals surface area contributed by atoms with Crippen LogP contribution in [0.4, 0.5) is 0 Å². The van der Waals surface area contributed by atoms with Gasteiger partial charge in [0.2, 0.25) is 5.88 Å². The van der Waals surface area contributed by atoms with E-state index in [1.165, 1.54) is 18.7 Å². The van der Waals surface area contributed by atoms with Crippen LogP contribution >= 0.6 is 0 Å². The summed E-state index contributed by atoms with van der Waals surface area (Å²) >= 11 is 0. The fraction of sp³-hybridized carbons (Fsp3) is 0.200. The molecule has 0 saturated heterocycles. The molecule has 0 aliphatic rings. The number of ether oxygens (including phenoxy) is 1. The summed E-state index contributed by atoms with van der Waals surface area (Å²) in [5.41, 5.74) is 1.80. The van der Waals surface area contributed by atoms with Crippen LogP contribution in [0.5, 0.6) is 11.6 Å². The molecule has 1 aromatic heterocycles. The van der Waals surface area contributed by atoms with Gasteiger partial charge in [0.25, 0.3) is 0 Å².